The Bertz CT molecular complexity index is 608. The van der Waals surface area contributed by atoms with E-state index in [0.29, 0.717) is 6.54 Å². The Morgan fingerprint density at radius 1 is 1.30 bits per heavy atom. The summed E-state index contributed by atoms with van der Waals surface area (Å²) in [7, 11) is 0. The summed E-state index contributed by atoms with van der Waals surface area (Å²) in [6.07, 6.45) is 0. The molecule has 106 valence electrons. The van der Waals surface area contributed by atoms with Gasteiger partial charge in [-0.2, -0.15) is 0 Å². The highest BCUT2D eigenvalue weighted by atomic mass is 32.1. The number of hydrogen-bond donors (Lipinski definition) is 1. The molecule has 1 aromatic carbocycles. The van der Waals surface area contributed by atoms with E-state index in [2.05, 4.69) is 10.3 Å². The molecule has 1 aromatic heterocycles. The number of para-hydroxylation sites is 1. The molecule has 0 spiro atoms. The number of rotatable bonds is 5. The number of hydrogen-bond acceptors (Lipinski definition) is 4. The van der Waals surface area contributed by atoms with Crippen molar-refractivity contribution in [2.75, 3.05) is 6.61 Å². The van der Waals surface area contributed by atoms with Crippen LogP contribution in [0.15, 0.2) is 24.3 Å². The highest BCUT2D eigenvalue weighted by molar-refractivity contribution is 7.11. The maximum absolute atomic E-state index is 11.8. The number of ether oxygens (including phenoxy) is 1. The van der Waals surface area contributed by atoms with Crippen LogP contribution in [0, 0.1) is 20.8 Å². The Kier molecular flexibility index (Phi) is 4.74. The third kappa shape index (κ3) is 3.81. The highest BCUT2D eigenvalue weighted by Gasteiger charge is 2.08. The van der Waals surface area contributed by atoms with Crippen molar-refractivity contribution in [3.8, 4) is 5.75 Å². The molecule has 0 radical (unpaired) electrons. The average molecular weight is 290 g/mol. The van der Waals surface area contributed by atoms with Gasteiger partial charge in [0.1, 0.15) is 5.75 Å². The van der Waals surface area contributed by atoms with Gasteiger partial charge in [0.25, 0.3) is 5.91 Å². The number of aryl methyl sites for hydroxylation is 3. The van der Waals surface area contributed by atoms with Crippen molar-refractivity contribution in [3.63, 3.8) is 0 Å². The van der Waals surface area contributed by atoms with Crippen LogP contribution in [-0.2, 0) is 11.3 Å². The van der Waals surface area contributed by atoms with Gasteiger partial charge in [-0.1, -0.05) is 18.2 Å². The molecule has 2 rings (SSSR count). The van der Waals surface area contributed by atoms with Gasteiger partial charge in [0.05, 0.1) is 17.2 Å². The van der Waals surface area contributed by atoms with Crippen LogP contribution in [0.5, 0.6) is 5.75 Å². The summed E-state index contributed by atoms with van der Waals surface area (Å²) in [4.78, 5) is 17.2. The number of aromatic nitrogens is 1. The maximum Gasteiger partial charge on any atom is 0.258 e. The lowest BCUT2D eigenvalue weighted by Crippen LogP contribution is -2.28. The number of carbonyl (C=O) groups excluding carboxylic acids is 1. The number of carbonyl (C=O) groups is 1. The average Bonchev–Trinajstić information content (AvgIpc) is 2.74. The van der Waals surface area contributed by atoms with Crippen LogP contribution in [-0.4, -0.2) is 17.5 Å². The molecule has 1 N–H and O–H groups in total. The zero-order chi connectivity index (χ0) is 14.5. The van der Waals surface area contributed by atoms with Crippen molar-refractivity contribution in [1.82, 2.24) is 10.3 Å². The smallest absolute Gasteiger partial charge is 0.258 e. The minimum Gasteiger partial charge on any atom is -0.484 e. The Morgan fingerprint density at radius 2 is 2.05 bits per heavy atom. The van der Waals surface area contributed by atoms with Gasteiger partial charge in [-0.25, -0.2) is 4.98 Å². The molecule has 2 aromatic rings. The van der Waals surface area contributed by atoms with E-state index in [-0.39, 0.29) is 12.5 Å². The summed E-state index contributed by atoms with van der Waals surface area (Å²) in [5.41, 5.74) is 2.00. The second kappa shape index (κ2) is 6.52. The summed E-state index contributed by atoms with van der Waals surface area (Å²) in [6.45, 7) is 6.41. The van der Waals surface area contributed by atoms with Crippen LogP contribution < -0.4 is 10.1 Å². The molecule has 5 heteroatoms. The van der Waals surface area contributed by atoms with Gasteiger partial charge < -0.3 is 10.1 Å². The van der Waals surface area contributed by atoms with Gasteiger partial charge in [0.2, 0.25) is 0 Å². The third-order valence-corrected chi connectivity index (χ3v) is 3.97. The van der Waals surface area contributed by atoms with Gasteiger partial charge in [0, 0.05) is 4.88 Å². The standard InChI is InChI=1S/C15H18N2O2S/c1-10-6-4-5-7-13(10)19-9-15(18)16-8-14-11(2)17-12(3)20-14/h4-7H,8-9H2,1-3H3,(H,16,18). The number of amides is 1. The third-order valence-electron chi connectivity index (χ3n) is 2.90. The van der Waals surface area contributed by atoms with E-state index in [1.807, 2.05) is 45.0 Å². The normalized spacial score (nSPS) is 10.3. The molecule has 0 unspecified atom stereocenters. The second-order valence-corrected chi connectivity index (χ2v) is 5.86. The molecule has 0 saturated heterocycles. The van der Waals surface area contributed by atoms with Crippen molar-refractivity contribution in [3.05, 3.63) is 45.4 Å². The van der Waals surface area contributed by atoms with Crippen molar-refractivity contribution in [2.45, 2.75) is 27.3 Å². The molecule has 0 atom stereocenters. The van der Waals surface area contributed by atoms with Crippen LogP contribution in [0.2, 0.25) is 0 Å². The molecule has 0 saturated carbocycles. The van der Waals surface area contributed by atoms with Crippen molar-refractivity contribution >= 4 is 17.2 Å². The number of nitrogens with zero attached hydrogens (tertiary/aromatic N) is 1. The second-order valence-electron chi connectivity index (χ2n) is 4.57. The fourth-order valence-corrected chi connectivity index (χ4v) is 2.71. The molecule has 0 bridgehead atoms. The summed E-state index contributed by atoms with van der Waals surface area (Å²) in [5.74, 6) is 0.617. The zero-order valence-electron chi connectivity index (χ0n) is 11.9. The quantitative estimate of drug-likeness (QED) is 0.921. The Labute approximate surface area is 122 Å². The first kappa shape index (κ1) is 14.5. The topological polar surface area (TPSA) is 51.2 Å². The first-order valence-electron chi connectivity index (χ1n) is 6.44. The molecule has 0 aliphatic heterocycles. The van der Waals surface area contributed by atoms with Crippen molar-refractivity contribution < 1.29 is 9.53 Å². The van der Waals surface area contributed by atoms with Crippen LogP contribution in [0.4, 0.5) is 0 Å². The van der Waals surface area contributed by atoms with E-state index in [1.165, 1.54) is 0 Å². The summed E-state index contributed by atoms with van der Waals surface area (Å²) >= 11 is 1.61. The Balaban J connectivity index is 1.82. The molecule has 4 nitrogen and oxygen atoms in total. The number of thiazole rings is 1. The largest absolute Gasteiger partial charge is 0.484 e. The van der Waals surface area contributed by atoms with Gasteiger partial charge in [0.15, 0.2) is 6.61 Å². The molecule has 1 heterocycles. The number of benzene rings is 1. The lowest BCUT2D eigenvalue weighted by atomic mass is 10.2. The fourth-order valence-electron chi connectivity index (χ4n) is 1.83. The van der Waals surface area contributed by atoms with Crippen LogP contribution >= 0.6 is 11.3 Å². The SMILES string of the molecule is Cc1nc(C)c(CNC(=O)COc2ccccc2C)s1. The monoisotopic (exact) mass is 290 g/mol. The minimum atomic E-state index is -0.126. The molecule has 1 amide bonds. The lowest BCUT2D eigenvalue weighted by molar-refractivity contribution is -0.123. The van der Waals surface area contributed by atoms with E-state index >= 15 is 0 Å². The van der Waals surface area contributed by atoms with Crippen molar-refractivity contribution in [1.29, 1.82) is 0 Å². The molecular weight excluding hydrogens is 272 g/mol. The first-order chi connectivity index (χ1) is 9.56. The predicted octanol–water partition coefficient (Wildman–Crippen LogP) is 2.76. The highest BCUT2D eigenvalue weighted by Crippen LogP contribution is 2.17. The van der Waals surface area contributed by atoms with Gasteiger partial charge in [-0.15, -0.1) is 11.3 Å². The van der Waals surface area contributed by atoms with E-state index in [9.17, 15) is 4.79 Å². The summed E-state index contributed by atoms with van der Waals surface area (Å²) in [5, 5.41) is 3.87. The van der Waals surface area contributed by atoms with E-state index in [4.69, 9.17) is 4.74 Å². The molecule has 20 heavy (non-hydrogen) atoms. The summed E-state index contributed by atoms with van der Waals surface area (Å²) < 4.78 is 5.50. The van der Waals surface area contributed by atoms with Crippen LogP contribution in [0.1, 0.15) is 21.1 Å². The molecule has 0 fully saturated rings. The number of nitrogens with one attached hydrogen (secondary N) is 1. The minimum absolute atomic E-state index is 0.0295. The maximum atomic E-state index is 11.8. The zero-order valence-corrected chi connectivity index (χ0v) is 12.7. The Hall–Kier alpha value is -1.88. The van der Waals surface area contributed by atoms with Gasteiger partial charge in [-0.3, -0.25) is 4.79 Å². The molecule has 0 aliphatic carbocycles. The van der Waals surface area contributed by atoms with Crippen LogP contribution in [0.25, 0.3) is 0 Å². The fraction of sp³-hybridized carbons (Fsp3) is 0.333. The molecule has 0 aliphatic rings. The first-order valence-corrected chi connectivity index (χ1v) is 7.26. The lowest BCUT2D eigenvalue weighted by Gasteiger charge is -2.09. The van der Waals surface area contributed by atoms with E-state index in [1.54, 1.807) is 11.3 Å². The molecular formula is C15H18N2O2S. The van der Waals surface area contributed by atoms with E-state index < -0.39 is 0 Å². The van der Waals surface area contributed by atoms with Gasteiger partial charge >= 0.3 is 0 Å². The van der Waals surface area contributed by atoms with Crippen molar-refractivity contribution in [2.24, 2.45) is 0 Å². The van der Waals surface area contributed by atoms with Crippen LogP contribution in [0.3, 0.4) is 0 Å². The Morgan fingerprint density at radius 3 is 2.70 bits per heavy atom. The van der Waals surface area contributed by atoms with E-state index in [0.717, 1.165) is 26.9 Å². The predicted molar refractivity (Wildman–Crippen MR) is 80.1 cm³/mol. The van der Waals surface area contributed by atoms with Gasteiger partial charge in [-0.05, 0) is 32.4 Å². The summed E-state index contributed by atoms with van der Waals surface area (Å²) in [6, 6.07) is 7.65.